The molecule has 3 aliphatic heterocycles. The van der Waals surface area contributed by atoms with E-state index in [1.165, 1.54) is 0 Å². The van der Waals surface area contributed by atoms with Gasteiger partial charge in [0.15, 0.2) is 0 Å². The zero-order valence-electron chi connectivity index (χ0n) is 26.2. The summed E-state index contributed by atoms with van der Waals surface area (Å²) in [4.78, 5) is 54.7. The van der Waals surface area contributed by atoms with Crippen LogP contribution < -0.4 is 26.6 Å². The van der Waals surface area contributed by atoms with Gasteiger partial charge in [-0.25, -0.2) is 4.79 Å². The van der Waals surface area contributed by atoms with E-state index in [1.807, 2.05) is 41.3 Å². The molecule has 0 spiro atoms. The van der Waals surface area contributed by atoms with E-state index in [9.17, 15) is 19.2 Å². The maximum Gasteiger partial charge on any atom is 0.317 e. The summed E-state index contributed by atoms with van der Waals surface area (Å²) in [5.74, 6) is 5.45. The highest BCUT2D eigenvalue weighted by atomic mass is 16.5. The van der Waals surface area contributed by atoms with Crippen LogP contribution in [0, 0.1) is 11.8 Å². The molecule has 1 atom stereocenters. The Bertz CT molecular complexity index is 1460. The number of piperazine rings is 1. The highest BCUT2D eigenvalue weighted by Gasteiger charge is 2.39. The molecule has 46 heavy (non-hydrogen) atoms. The summed E-state index contributed by atoms with van der Waals surface area (Å²) >= 11 is 0. The zero-order valence-corrected chi connectivity index (χ0v) is 26.2. The number of amides is 5. The van der Waals surface area contributed by atoms with Gasteiger partial charge in [0.25, 0.3) is 5.91 Å². The van der Waals surface area contributed by atoms with Gasteiger partial charge in [0.05, 0.1) is 0 Å². The first kappa shape index (κ1) is 32.8. The molecule has 0 aromatic heterocycles. The second kappa shape index (κ2) is 16.1. The first-order valence-corrected chi connectivity index (χ1v) is 16.1. The molecule has 2 fully saturated rings. The van der Waals surface area contributed by atoms with Crippen LogP contribution in [0.3, 0.4) is 0 Å². The molecular formula is C34H43N7O5. The molecule has 2 saturated heterocycles. The molecule has 3 heterocycles. The van der Waals surface area contributed by atoms with Crippen LogP contribution in [-0.4, -0.2) is 98.6 Å². The number of piperidine rings is 1. The van der Waals surface area contributed by atoms with Crippen LogP contribution in [-0.2, 0) is 20.9 Å². The fourth-order valence-electron chi connectivity index (χ4n) is 5.83. The Morgan fingerprint density at radius 1 is 0.978 bits per heavy atom. The zero-order chi connectivity index (χ0) is 32.3. The van der Waals surface area contributed by atoms with E-state index >= 15 is 0 Å². The van der Waals surface area contributed by atoms with Gasteiger partial charge in [-0.05, 0) is 73.8 Å². The van der Waals surface area contributed by atoms with Gasteiger partial charge in [-0.3, -0.25) is 19.7 Å². The van der Waals surface area contributed by atoms with Crippen molar-refractivity contribution >= 4 is 35.1 Å². The van der Waals surface area contributed by atoms with Crippen LogP contribution >= 0.6 is 0 Å². The average molecular weight is 630 g/mol. The molecule has 1 unspecified atom stereocenters. The Balaban J connectivity index is 0.871. The summed E-state index contributed by atoms with van der Waals surface area (Å²) in [5, 5.41) is 8.69. The van der Waals surface area contributed by atoms with E-state index in [-0.39, 0.29) is 24.3 Å². The number of ether oxygens (including phenoxy) is 1. The minimum Gasteiger partial charge on any atom is -0.399 e. The average Bonchev–Trinajstić information content (AvgIpc) is 3.38. The number of hydrogen-bond donors (Lipinski definition) is 4. The molecule has 5 amide bonds. The molecule has 5 rings (SSSR count). The van der Waals surface area contributed by atoms with Crippen molar-refractivity contribution in [3.8, 4) is 11.8 Å². The van der Waals surface area contributed by atoms with Crippen LogP contribution in [0.5, 0.6) is 0 Å². The van der Waals surface area contributed by atoms with E-state index in [1.54, 1.807) is 11.0 Å². The first-order chi connectivity index (χ1) is 22.4. The molecule has 2 aromatic carbocycles. The van der Waals surface area contributed by atoms with E-state index in [0.717, 1.165) is 61.5 Å². The van der Waals surface area contributed by atoms with Gasteiger partial charge in [0.2, 0.25) is 11.8 Å². The first-order valence-electron chi connectivity index (χ1n) is 16.1. The maximum atomic E-state index is 12.8. The van der Waals surface area contributed by atoms with Crippen LogP contribution in [0.1, 0.15) is 53.6 Å². The number of imide groups is 1. The SMILES string of the molecule is Nc1ccc(N2CCN(C(=O)NCCCOCCCNCCC#Cc3ccc4c(c3)CN(C3CCC(=O)NC3=O)C4=O)CC2)cc1. The molecule has 12 heteroatoms. The number of nitrogens with two attached hydrogens (primary N) is 1. The van der Waals surface area contributed by atoms with Gasteiger partial charge in [-0.1, -0.05) is 11.8 Å². The monoisotopic (exact) mass is 629 g/mol. The minimum absolute atomic E-state index is 0.0213. The highest BCUT2D eigenvalue weighted by molar-refractivity contribution is 6.05. The van der Waals surface area contributed by atoms with Crippen molar-refractivity contribution < 1.29 is 23.9 Å². The summed E-state index contributed by atoms with van der Waals surface area (Å²) in [6, 6.07) is 12.7. The third-order valence-corrected chi connectivity index (χ3v) is 8.39. The molecule has 0 bridgehead atoms. The Hall–Kier alpha value is -4.60. The lowest BCUT2D eigenvalue weighted by molar-refractivity contribution is -0.136. The van der Waals surface area contributed by atoms with Crippen molar-refractivity contribution in [3.63, 3.8) is 0 Å². The second-order valence-corrected chi connectivity index (χ2v) is 11.7. The predicted molar refractivity (Wildman–Crippen MR) is 175 cm³/mol. The number of benzene rings is 2. The highest BCUT2D eigenvalue weighted by Crippen LogP contribution is 2.28. The summed E-state index contributed by atoms with van der Waals surface area (Å²) < 4.78 is 5.71. The number of urea groups is 1. The quantitative estimate of drug-likeness (QED) is 0.120. The fraction of sp³-hybridized carbons (Fsp3) is 0.471. The summed E-state index contributed by atoms with van der Waals surface area (Å²) in [6.07, 6.45) is 2.94. The van der Waals surface area contributed by atoms with Gasteiger partial charge in [0.1, 0.15) is 6.04 Å². The smallest absolute Gasteiger partial charge is 0.317 e. The van der Waals surface area contributed by atoms with Crippen LogP contribution in [0.2, 0.25) is 0 Å². The lowest BCUT2D eigenvalue weighted by atomic mass is 10.0. The van der Waals surface area contributed by atoms with Crippen molar-refractivity contribution in [1.29, 1.82) is 0 Å². The predicted octanol–water partition coefficient (Wildman–Crippen LogP) is 1.69. The van der Waals surface area contributed by atoms with Gasteiger partial charge in [-0.2, -0.15) is 0 Å². The third kappa shape index (κ3) is 8.77. The second-order valence-electron chi connectivity index (χ2n) is 11.7. The molecule has 3 aliphatic rings. The molecule has 0 saturated carbocycles. The summed E-state index contributed by atoms with van der Waals surface area (Å²) in [6.45, 7) is 6.77. The van der Waals surface area contributed by atoms with E-state index < -0.39 is 11.9 Å². The van der Waals surface area contributed by atoms with Crippen molar-refractivity contribution in [3.05, 3.63) is 59.2 Å². The van der Waals surface area contributed by atoms with Crippen molar-refractivity contribution in [2.24, 2.45) is 0 Å². The van der Waals surface area contributed by atoms with Crippen LogP contribution in [0.4, 0.5) is 16.2 Å². The van der Waals surface area contributed by atoms with Crippen molar-refractivity contribution in [2.75, 3.05) is 69.7 Å². The largest absolute Gasteiger partial charge is 0.399 e. The van der Waals surface area contributed by atoms with E-state index in [4.69, 9.17) is 10.5 Å². The Morgan fingerprint density at radius 3 is 2.50 bits per heavy atom. The topological polar surface area (TPSA) is 149 Å². The number of hydrogen-bond acceptors (Lipinski definition) is 8. The molecular weight excluding hydrogens is 586 g/mol. The van der Waals surface area contributed by atoms with Crippen molar-refractivity contribution in [1.82, 2.24) is 25.8 Å². The lowest BCUT2D eigenvalue weighted by Gasteiger charge is -2.36. The van der Waals surface area contributed by atoms with Gasteiger partial charge in [-0.15, -0.1) is 0 Å². The molecule has 0 radical (unpaired) electrons. The molecule has 5 N–H and O–H groups in total. The van der Waals surface area contributed by atoms with Crippen molar-refractivity contribution in [2.45, 2.75) is 44.7 Å². The number of nitrogen functional groups attached to an aromatic ring is 1. The van der Waals surface area contributed by atoms with Crippen LogP contribution in [0.25, 0.3) is 0 Å². The number of carbonyl (C=O) groups excluding carboxylic acids is 4. The Morgan fingerprint density at radius 2 is 1.74 bits per heavy atom. The normalized spacial score (nSPS) is 17.8. The number of nitrogens with zero attached hydrogens (tertiary/aromatic N) is 3. The molecule has 244 valence electrons. The summed E-state index contributed by atoms with van der Waals surface area (Å²) in [5.41, 5.74) is 9.92. The molecule has 2 aromatic rings. The van der Waals surface area contributed by atoms with Gasteiger partial charge in [0, 0.05) is 94.4 Å². The van der Waals surface area contributed by atoms with Crippen LogP contribution in [0.15, 0.2) is 42.5 Å². The van der Waals surface area contributed by atoms with E-state index in [0.29, 0.717) is 57.8 Å². The minimum atomic E-state index is -0.615. The number of nitrogens with one attached hydrogen (secondary N) is 3. The number of carbonyl (C=O) groups is 4. The number of fused-ring (bicyclic) bond motifs is 1. The van der Waals surface area contributed by atoms with Gasteiger partial charge >= 0.3 is 6.03 Å². The maximum absolute atomic E-state index is 12.8. The number of rotatable bonds is 12. The fourth-order valence-corrected chi connectivity index (χ4v) is 5.83. The van der Waals surface area contributed by atoms with Gasteiger partial charge < -0.3 is 35.8 Å². The molecule has 12 nitrogen and oxygen atoms in total. The van der Waals surface area contributed by atoms with E-state index in [2.05, 4.69) is 32.7 Å². The standard InChI is InChI=1S/C34H43N7O5/c35-27-7-9-28(10-8-27)39-17-19-40(20-18-39)34(45)37-16-4-22-46-21-3-15-36-14-2-1-5-25-6-11-29-26(23-25)24-41(33(29)44)30-12-13-31(42)38-32(30)43/h6-11,23,30,36H,2-4,12-22,24,35H2,(H,37,45)(H,38,42,43). The number of anilines is 2. The summed E-state index contributed by atoms with van der Waals surface area (Å²) in [7, 11) is 0. The third-order valence-electron chi connectivity index (χ3n) is 8.39. The Labute approximate surface area is 270 Å². The Kier molecular flexibility index (Phi) is 11.5. The lowest BCUT2D eigenvalue weighted by Crippen LogP contribution is -2.52. The molecule has 0 aliphatic carbocycles.